The number of aryl methyl sites for hydroxylation is 1. The zero-order valence-electron chi connectivity index (χ0n) is 16.4. The number of nitrogen functional groups attached to an aromatic ring is 1. The van der Waals surface area contributed by atoms with Crippen LogP contribution in [-0.4, -0.2) is 71.1 Å². The average molecular weight is 496 g/mol. The largest absolute Gasteiger partial charge is 0.477 e. The first-order valence-electron chi connectivity index (χ1n) is 9.09. The van der Waals surface area contributed by atoms with Gasteiger partial charge in [-0.15, -0.1) is 34.9 Å². The number of fused-ring (bicyclic) bond motifs is 1. The number of aliphatic carboxylic acids is 1. The summed E-state index contributed by atoms with van der Waals surface area (Å²) < 4.78 is 0. The first-order valence-corrected chi connectivity index (χ1v) is 11.9. The molecule has 2 aliphatic rings. The van der Waals surface area contributed by atoms with Crippen LogP contribution in [0, 0.1) is 6.92 Å². The second-order valence-corrected chi connectivity index (χ2v) is 10.1. The molecular formula is C17H17N7O5S3. The highest BCUT2D eigenvalue weighted by molar-refractivity contribution is 8.05. The number of thioether (sulfide) groups is 2. The van der Waals surface area contributed by atoms with E-state index in [4.69, 9.17) is 5.73 Å². The summed E-state index contributed by atoms with van der Waals surface area (Å²) in [6.45, 7) is 1.67. The maximum Gasteiger partial charge on any atom is 0.353 e. The van der Waals surface area contributed by atoms with Gasteiger partial charge in [-0.3, -0.25) is 19.6 Å². The Labute approximate surface area is 193 Å². The molecule has 0 aliphatic carbocycles. The van der Waals surface area contributed by atoms with Crippen LogP contribution >= 0.6 is 34.9 Å². The molecule has 4 rings (SSSR count). The summed E-state index contributed by atoms with van der Waals surface area (Å²) >= 11 is 3.80. The van der Waals surface area contributed by atoms with Gasteiger partial charge in [0.2, 0.25) is 0 Å². The highest BCUT2D eigenvalue weighted by Crippen LogP contribution is 2.44. The number of amides is 2. The number of anilines is 1. The van der Waals surface area contributed by atoms with Crippen LogP contribution < -0.4 is 11.1 Å². The molecule has 12 nitrogen and oxygen atoms in total. The highest BCUT2D eigenvalue weighted by atomic mass is 32.2. The topological polar surface area (TPSA) is 187 Å². The van der Waals surface area contributed by atoms with Crippen LogP contribution in [0.15, 0.2) is 28.2 Å². The maximum absolute atomic E-state index is 12.8. The summed E-state index contributed by atoms with van der Waals surface area (Å²) in [6, 6.07) is -0.963. The molecule has 4 heterocycles. The van der Waals surface area contributed by atoms with E-state index in [0.29, 0.717) is 21.3 Å². The summed E-state index contributed by atoms with van der Waals surface area (Å²) in [5.74, 6) is -1.70. The Bertz CT molecular complexity index is 1140. The Hall–Kier alpha value is -3.04. The van der Waals surface area contributed by atoms with E-state index in [1.165, 1.54) is 28.4 Å². The third-order valence-corrected chi connectivity index (χ3v) is 8.17. The van der Waals surface area contributed by atoms with Gasteiger partial charge in [0.05, 0.1) is 6.20 Å². The van der Waals surface area contributed by atoms with E-state index in [0.717, 1.165) is 16.9 Å². The molecule has 2 amide bonds. The molecule has 0 radical (unpaired) electrons. The lowest BCUT2D eigenvalue weighted by molar-refractivity contribution is -0.150. The minimum Gasteiger partial charge on any atom is -0.477 e. The molecule has 0 bridgehead atoms. The monoisotopic (exact) mass is 495 g/mol. The molecule has 32 heavy (non-hydrogen) atoms. The molecule has 1 fully saturated rings. The number of oxime groups is 1. The molecule has 0 saturated carbocycles. The van der Waals surface area contributed by atoms with E-state index in [2.05, 4.69) is 25.7 Å². The fraction of sp³-hybridized carbons (Fsp3) is 0.294. The third kappa shape index (κ3) is 3.93. The van der Waals surface area contributed by atoms with Gasteiger partial charge in [-0.25, -0.2) is 9.78 Å². The Kier molecular flexibility index (Phi) is 6.12. The van der Waals surface area contributed by atoms with Crippen molar-refractivity contribution in [1.82, 2.24) is 25.4 Å². The highest BCUT2D eigenvalue weighted by Gasteiger charge is 2.54. The summed E-state index contributed by atoms with van der Waals surface area (Å²) in [5, 5.41) is 30.8. The predicted molar refractivity (Wildman–Crippen MR) is 119 cm³/mol. The second kappa shape index (κ2) is 8.84. The third-order valence-electron chi connectivity index (χ3n) is 4.74. The lowest BCUT2D eigenvalue weighted by Crippen LogP contribution is -2.71. The number of thiazole rings is 1. The van der Waals surface area contributed by atoms with Crippen molar-refractivity contribution in [3.63, 3.8) is 0 Å². The van der Waals surface area contributed by atoms with Gasteiger partial charge in [-0.1, -0.05) is 5.16 Å². The van der Waals surface area contributed by atoms with Gasteiger partial charge < -0.3 is 21.4 Å². The zero-order valence-corrected chi connectivity index (χ0v) is 18.9. The number of carbonyl (C=O) groups excluding carboxylic acids is 2. The van der Waals surface area contributed by atoms with Crippen LogP contribution in [-0.2, 0) is 20.1 Å². The molecule has 0 spiro atoms. The van der Waals surface area contributed by atoms with Crippen LogP contribution in [0.5, 0.6) is 0 Å². The molecule has 2 aliphatic heterocycles. The standard InChI is InChI=1S/C17H17N7O5S3/c1-6-9(22-17(18)32-6)10(23-29)13(25)21-11-14(26)24-12(16(27)28)8(5-31-15(11)24)30-4-7-2-19-20-3-7/h2-3,11,15,29H,4-5H2,1H3,(H2,18,22)(H,19,20)(H,21,25)(H,27,28)/b23-10-/t11-,15-/m1/s1. The van der Waals surface area contributed by atoms with E-state index in [1.54, 1.807) is 19.3 Å². The smallest absolute Gasteiger partial charge is 0.353 e. The molecule has 0 aromatic carbocycles. The number of aromatic nitrogens is 3. The Morgan fingerprint density at radius 2 is 2.28 bits per heavy atom. The number of β-lactam (4-membered cyclic amide) rings is 1. The quantitative estimate of drug-likeness (QED) is 0.157. The predicted octanol–water partition coefficient (Wildman–Crippen LogP) is 0.565. The first kappa shape index (κ1) is 22.2. The van der Waals surface area contributed by atoms with E-state index in [1.807, 2.05) is 0 Å². The SMILES string of the molecule is Cc1sc(N)nc1/C(=N/O)C(=O)N[C@@H]1C(=O)N2C(C(=O)O)=C(SCc3cn[nH]c3)CS[C@H]12. The van der Waals surface area contributed by atoms with Gasteiger partial charge in [0.15, 0.2) is 10.8 Å². The van der Waals surface area contributed by atoms with Crippen molar-refractivity contribution in [1.29, 1.82) is 0 Å². The second-order valence-electron chi connectivity index (χ2n) is 6.74. The molecule has 0 unspecified atom stereocenters. The Morgan fingerprint density at radius 1 is 1.50 bits per heavy atom. The molecular weight excluding hydrogens is 478 g/mol. The number of carbonyl (C=O) groups is 3. The number of nitrogens with zero attached hydrogens (tertiary/aromatic N) is 4. The fourth-order valence-corrected chi connectivity index (χ4v) is 6.52. The van der Waals surface area contributed by atoms with Crippen molar-refractivity contribution in [2.45, 2.75) is 24.1 Å². The number of H-pyrrole nitrogens is 1. The number of aromatic amines is 1. The molecule has 2 aromatic heterocycles. The van der Waals surface area contributed by atoms with Crippen LogP contribution in [0.4, 0.5) is 5.13 Å². The number of nitrogens with one attached hydrogen (secondary N) is 2. The summed E-state index contributed by atoms with van der Waals surface area (Å²) in [6.07, 6.45) is 3.36. The van der Waals surface area contributed by atoms with Gasteiger partial charge >= 0.3 is 5.97 Å². The molecule has 1 saturated heterocycles. The number of rotatable bonds is 7. The van der Waals surface area contributed by atoms with Crippen molar-refractivity contribution >= 4 is 63.5 Å². The maximum atomic E-state index is 12.8. The first-order chi connectivity index (χ1) is 15.3. The Morgan fingerprint density at radius 3 is 2.88 bits per heavy atom. The van der Waals surface area contributed by atoms with Gasteiger partial charge in [-0.2, -0.15) is 5.10 Å². The summed E-state index contributed by atoms with van der Waals surface area (Å²) in [7, 11) is 0. The van der Waals surface area contributed by atoms with E-state index >= 15 is 0 Å². The van der Waals surface area contributed by atoms with Gasteiger partial charge in [0, 0.05) is 33.0 Å². The van der Waals surface area contributed by atoms with E-state index in [9.17, 15) is 24.7 Å². The van der Waals surface area contributed by atoms with Crippen molar-refractivity contribution in [3.05, 3.63) is 39.1 Å². The minimum absolute atomic E-state index is 0.0862. The van der Waals surface area contributed by atoms with E-state index < -0.39 is 29.2 Å². The average Bonchev–Trinajstić information content (AvgIpc) is 3.39. The van der Waals surface area contributed by atoms with E-state index in [-0.39, 0.29) is 22.2 Å². The lowest BCUT2D eigenvalue weighted by Gasteiger charge is -2.49. The number of carboxylic acid groups (broad SMARTS) is 1. The molecule has 2 aromatic rings. The molecule has 15 heteroatoms. The van der Waals surface area contributed by atoms with Crippen molar-refractivity contribution in [2.75, 3.05) is 11.5 Å². The van der Waals surface area contributed by atoms with Crippen molar-refractivity contribution in [2.24, 2.45) is 5.16 Å². The van der Waals surface area contributed by atoms with Gasteiger partial charge in [0.25, 0.3) is 11.8 Å². The van der Waals surface area contributed by atoms with Crippen LogP contribution in [0.3, 0.4) is 0 Å². The molecule has 168 valence electrons. The van der Waals surface area contributed by atoms with Crippen LogP contribution in [0.1, 0.15) is 16.1 Å². The molecule has 2 atom stereocenters. The van der Waals surface area contributed by atoms with Crippen molar-refractivity contribution < 1.29 is 24.7 Å². The number of hydrogen-bond acceptors (Lipinski definition) is 11. The summed E-state index contributed by atoms with van der Waals surface area (Å²) in [4.78, 5) is 43.7. The lowest BCUT2D eigenvalue weighted by atomic mass is 10.0. The van der Waals surface area contributed by atoms with Crippen LogP contribution in [0.2, 0.25) is 0 Å². The number of carboxylic acids is 1. The van der Waals surface area contributed by atoms with Crippen molar-refractivity contribution in [3.8, 4) is 0 Å². The Balaban J connectivity index is 1.49. The number of nitrogens with two attached hydrogens (primary N) is 1. The number of hydrogen-bond donors (Lipinski definition) is 5. The minimum atomic E-state index is -1.21. The molecule has 6 N–H and O–H groups in total. The van der Waals surface area contributed by atoms with Gasteiger partial charge in [-0.05, 0) is 6.92 Å². The van der Waals surface area contributed by atoms with Crippen LogP contribution in [0.25, 0.3) is 0 Å². The zero-order chi connectivity index (χ0) is 23.0. The normalized spacial score (nSPS) is 20.7. The van der Waals surface area contributed by atoms with Gasteiger partial charge in [0.1, 0.15) is 22.8 Å². The fourth-order valence-electron chi connectivity index (χ4n) is 3.28. The summed E-state index contributed by atoms with van der Waals surface area (Å²) in [5.41, 5.74) is 6.20.